The molecule has 0 fully saturated rings. The molecular formula is C18H16Cl2N2O5. The van der Waals surface area contributed by atoms with Crippen LogP contribution in [0.2, 0.25) is 10.3 Å². The van der Waals surface area contributed by atoms with Crippen molar-refractivity contribution < 1.29 is 19.1 Å². The summed E-state index contributed by atoms with van der Waals surface area (Å²) in [5, 5.41) is -0.523. The number of carbonyl (C=O) groups is 2. The lowest BCUT2D eigenvalue weighted by Crippen LogP contribution is -2.34. The molecule has 0 saturated carbocycles. The van der Waals surface area contributed by atoms with Crippen molar-refractivity contribution in [3.63, 3.8) is 0 Å². The number of methoxy groups -OCH3 is 1. The van der Waals surface area contributed by atoms with Crippen molar-refractivity contribution >= 4 is 35.1 Å². The first-order valence-electron chi connectivity index (χ1n) is 8.06. The summed E-state index contributed by atoms with van der Waals surface area (Å²) in [6, 6.07) is 8.08. The Bertz CT molecular complexity index is 960. The molecule has 2 heterocycles. The molecule has 1 aliphatic rings. The van der Waals surface area contributed by atoms with E-state index in [2.05, 4.69) is 4.98 Å². The Morgan fingerprint density at radius 1 is 1.26 bits per heavy atom. The highest BCUT2D eigenvalue weighted by Gasteiger charge is 2.52. The number of esters is 2. The lowest BCUT2D eigenvalue weighted by atomic mass is 9.84. The van der Waals surface area contributed by atoms with Gasteiger partial charge in [-0.05, 0) is 12.5 Å². The Kier molecular flexibility index (Phi) is 5.26. The van der Waals surface area contributed by atoms with Gasteiger partial charge in [-0.15, -0.1) is 0 Å². The minimum atomic E-state index is -1.36. The van der Waals surface area contributed by atoms with Crippen molar-refractivity contribution in [2.45, 2.75) is 31.4 Å². The average Bonchev–Trinajstić information content (AvgIpc) is 2.99. The zero-order valence-electron chi connectivity index (χ0n) is 14.6. The number of aromatic nitrogens is 2. The molecule has 0 unspecified atom stereocenters. The maximum Gasteiger partial charge on any atom is 0.329 e. The maximum atomic E-state index is 12.9. The zero-order valence-corrected chi connectivity index (χ0v) is 16.1. The molecule has 9 heteroatoms. The fourth-order valence-corrected chi connectivity index (χ4v) is 3.84. The highest BCUT2D eigenvalue weighted by molar-refractivity contribution is 6.33. The smallest absolute Gasteiger partial charge is 0.329 e. The second-order valence-electron chi connectivity index (χ2n) is 6.35. The van der Waals surface area contributed by atoms with Gasteiger partial charge >= 0.3 is 11.9 Å². The van der Waals surface area contributed by atoms with Crippen LogP contribution >= 0.6 is 23.2 Å². The summed E-state index contributed by atoms with van der Waals surface area (Å²) in [5.74, 6) is -1.31. The molecule has 1 aliphatic heterocycles. The quantitative estimate of drug-likeness (QED) is 0.719. The summed E-state index contributed by atoms with van der Waals surface area (Å²) in [5.41, 5.74) is -1.19. The third-order valence-corrected chi connectivity index (χ3v) is 5.11. The molecular weight excluding hydrogens is 395 g/mol. The number of ether oxygens (including phenoxy) is 2. The van der Waals surface area contributed by atoms with Gasteiger partial charge < -0.3 is 9.47 Å². The number of nitrogens with zero attached hydrogens (tertiary/aromatic N) is 2. The molecule has 27 heavy (non-hydrogen) atoms. The Labute approximate surface area is 164 Å². The minimum absolute atomic E-state index is 0.0427. The third kappa shape index (κ3) is 3.33. The van der Waals surface area contributed by atoms with Crippen molar-refractivity contribution in [3.8, 4) is 0 Å². The largest absolute Gasteiger partial charge is 0.467 e. The van der Waals surface area contributed by atoms with Crippen LogP contribution in [0.4, 0.5) is 0 Å². The predicted octanol–water partition coefficient (Wildman–Crippen LogP) is 2.67. The van der Waals surface area contributed by atoms with Gasteiger partial charge in [0.05, 0.1) is 12.8 Å². The molecule has 3 rings (SSSR count). The van der Waals surface area contributed by atoms with Crippen LogP contribution in [0.5, 0.6) is 0 Å². The number of halogens is 2. The van der Waals surface area contributed by atoms with E-state index in [4.69, 9.17) is 32.7 Å². The van der Waals surface area contributed by atoms with Gasteiger partial charge in [-0.2, -0.15) is 0 Å². The predicted molar refractivity (Wildman–Crippen MR) is 97.8 cm³/mol. The van der Waals surface area contributed by atoms with Gasteiger partial charge in [0.15, 0.2) is 10.3 Å². The zero-order chi connectivity index (χ0) is 19.8. The Hall–Kier alpha value is -2.38. The summed E-state index contributed by atoms with van der Waals surface area (Å²) >= 11 is 12.0. The second kappa shape index (κ2) is 7.32. The van der Waals surface area contributed by atoms with Crippen molar-refractivity contribution in [2.75, 3.05) is 7.11 Å². The first-order valence-corrected chi connectivity index (χ1v) is 8.82. The van der Waals surface area contributed by atoms with Crippen LogP contribution in [-0.2, 0) is 31.1 Å². The molecule has 142 valence electrons. The van der Waals surface area contributed by atoms with Crippen LogP contribution in [0, 0.1) is 0 Å². The Balaban J connectivity index is 2.01. The van der Waals surface area contributed by atoms with Crippen LogP contribution < -0.4 is 5.56 Å². The van der Waals surface area contributed by atoms with Gasteiger partial charge in [-0.1, -0.05) is 53.5 Å². The van der Waals surface area contributed by atoms with E-state index in [0.29, 0.717) is 0 Å². The second-order valence-corrected chi connectivity index (χ2v) is 7.07. The number of fused-ring (bicyclic) bond motifs is 1. The van der Waals surface area contributed by atoms with Crippen molar-refractivity contribution in [1.29, 1.82) is 0 Å². The van der Waals surface area contributed by atoms with Crippen LogP contribution in [0.15, 0.2) is 35.1 Å². The van der Waals surface area contributed by atoms with E-state index in [-0.39, 0.29) is 29.0 Å². The summed E-state index contributed by atoms with van der Waals surface area (Å²) < 4.78 is 11.3. The maximum absolute atomic E-state index is 12.9. The van der Waals surface area contributed by atoms with Crippen LogP contribution in [0.1, 0.15) is 30.6 Å². The van der Waals surface area contributed by atoms with Crippen molar-refractivity contribution in [1.82, 2.24) is 9.55 Å². The lowest BCUT2D eigenvalue weighted by Gasteiger charge is -2.22. The van der Waals surface area contributed by atoms with Crippen molar-refractivity contribution in [2.24, 2.45) is 0 Å². The standard InChI is InChI=1S/C18H16Cl2N2O5/c1-18(17(25)27-9-10-6-4-3-5-7-10)8-11(16(24)26-2)22-12(18)13(19)21-14(20)15(22)23/h3-7,11H,8-9H2,1-2H3/t11-,18+/m0/s1. The molecule has 0 radical (unpaired) electrons. The number of carbonyl (C=O) groups excluding carboxylic acids is 2. The third-order valence-electron chi connectivity index (χ3n) is 4.60. The Morgan fingerprint density at radius 2 is 1.93 bits per heavy atom. The molecule has 0 N–H and O–H groups in total. The lowest BCUT2D eigenvalue weighted by molar-refractivity contribution is -0.152. The molecule has 0 aliphatic carbocycles. The Morgan fingerprint density at radius 3 is 2.56 bits per heavy atom. The molecule has 0 saturated heterocycles. The monoisotopic (exact) mass is 410 g/mol. The normalized spacial score (nSPS) is 20.8. The SMILES string of the molecule is COC(=O)[C@@H]1C[C@@](C)(C(=O)OCc2ccccc2)c2c(Cl)nc(Cl)c(=O)n21. The first-order chi connectivity index (χ1) is 12.8. The summed E-state index contributed by atoms with van der Waals surface area (Å²) in [7, 11) is 1.20. The van der Waals surface area contributed by atoms with Gasteiger partial charge in [0, 0.05) is 6.42 Å². The molecule has 2 aromatic rings. The number of rotatable bonds is 4. The molecule has 0 bridgehead atoms. The van der Waals surface area contributed by atoms with Gasteiger partial charge in [0.1, 0.15) is 18.1 Å². The fraction of sp³-hybridized carbons (Fsp3) is 0.333. The molecule has 0 spiro atoms. The highest BCUT2D eigenvalue weighted by Crippen LogP contribution is 2.44. The number of benzene rings is 1. The van der Waals surface area contributed by atoms with Gasteiger partial charge in [-0.25, -0.2) is 9.78 Å². The van der Waals surface area contributed by atoms with Gasteiger partial charge in [0.2, 0.25) is 0 Å². The molecule has 1 aromatic heterocycles. The molecule has 1 aromatic carbocycles. The van der Waals surface area contributed by atoms with Crippen LogP contribution in [0.25, 0.3) is 0 Å². The van der Waals surface area contributed by atoms with E-state index in [9.17, 15) is 14.4 Å². The van der Waals surface area contributed by atoms with E-state index in [0.717, 1.165) is 10.1 Å². The van der Waals surface area contributed by atoms with E-state index in [1.165, 1.54) is 7.11 Å². The van der Waals surface area contributed by atoms with Gasteiger partial charge in [-0.3, -0.25) is 14.2 Å². The van der Waals surface area contributed by atoms with Gasteiger partial charge in [0.25, 0.3) is 5.56 Å². The van der Waals surface area contributed by atoms with Crippen LogP contribution in [0.3, 0.4) is 0 Å². The first kappa shape index (κ1) is 19.4. The van der Waals surface area contributed by atoms with E-state index in [1.807, 2.05) is 30.3 Å². The topological polar surface area (TPSA) is 87.5 Å². The summed E-state index contributed by atoms with van der Waals surface area (Å²) in [6.07, 6.45) is -0.0513. The van der Waals surface area contributed by atoms with Crippen molar-refractivity contribution in [3.05, 3.63) is 62.2 Å². The number of hydrogen-bond acceptors (Lipinski definition) is 6. The highest BCUT2D eigenvalue weighted by atomic mass is 35.5. The summed E-state index contributed by atoms with van der Waals surface area (Å²) in [6.45, 7) is 1.59. The van der Waals surface area contributed by atoms with E-state index < -0.39 is 29.0 Å². The number of hydrogen-bond donors (Lipinski definition) is 0. The van der Waals surface area contributed by atoms with Crippen LogP contribution in [-0.4, -0.2) is 28.6 Å². The molecule has 0 amide bonds. The molecule has 2 atom stereocenters. The van der Waals surface area contributed by atoms with E-state index >= 15 is 0 Å². The average molecular weight is 411 g/mol. The minimum Gasteiger partial charge on any atom is -0.467 e. The molecule has 7 nitrogen and oxygen atoms in total. The fourth-order valence-electron chi connectivity index (χ4n) is 3.24. The van der Waals surface area contributed by atoms with E-state index in [1.54, 1.807) is 6.92 Å². The summed E-state index contributed by atoms with van der Waals surface area (Å²) in [4.78, 5) is 41.4.